The van der Waals surface area contributed by atoms with Gasteiger partial charge in [-0.1, -0.05) is 20.8 Å². The van der Waals surface area contributed by atoms with Crippen molar-refractivity contribution in [2.75, 3.05) is 5.32 Å². The SMILES string of the molecule is CC(C)(C)c1ncc(CNc2ccc(S(N)(=O)=O)cc2)s1. The molecule has 2 rings (SSSR count). The molecular weight excluding hydrogens is 306 g/mol. The van der Waals surface area contributed by atoms with Crippen LogP contribution in [0.4, 0.5) is 5.69 Å². The minimum absolute atomic E-state index is 0.0556. The van der Waals surface area contributed by atoms with Gasteiger partial charge in [-0.05, 0) is 24.3 Å². The summed E-state index contributed by atoms with van der Waals surface area (Å²) in [4.78, 5) is 5.68. The zero-order chi connectivity index (χ0) is 15.7. The molecule has 0 fully saturated rings. The molecule has 1 aromatic heterocycles. The van der Waals surface area contributed by atoms with Crippen molar-refractivity contribution in [1.82, 2.24) is 4.98 Å². The van der Waals surface area contributed by atoms with Crippen molar-refractivity contribution < 1.29 is 8.42 Å². The average molecular weight is 325 g/mol. The molecule has 0 saturated carbocycles. The first-order valence-corrected chi connectivity index (χ1v) is 8.84. The zero-order valence-electron chi connectivity index (χ0n) is 12.3. The number of thiazole rings is 1. The summed E-state index contributed by atoms with van der Waals surface area (Å²) in [6.07, 6.45) is 1.87. The van der Waals surface area contributed by atoms with Gasteiger partial charge < -0.3 is 5.32 Å². The second-order valence-corrected chi connectivity index (χ2v) is 8.48. The average Bonchev–Trinajstić information content (AvgIpc) is 2.84. The first-order chi connectivity index (χ1) is 9.66. The van der Waals surface area contributed by atoms with E-state index in [0.717, 1.165) is 15.6 Å². The Labute approximate surface area is 129 Å². The van der Waals surface area contributed by atoms with Crippen molar-refractivity contribution in [2.45, 2.75) is 37.6 Å². The molecule has 0 spiro atoms. The topological polar surface area (TPSA) is 85.1 Å². The molecule has 5 nitrogen and oxygen atoms in total. The highest BCUT2D eigenvalue weighted by Crippen LogP contribution is 2.27. The van der Waals surface area contributed by atoms with E-state index in [4.69, 9.17) is 5.14 Å². The molecule has 1 heterocycles. The fourth-order valence-corrected chi connectivity index (χ4v) is 3.11. The molecule has 0 unspecified atom stereocenters. The van der Waals surface area contributed by atoms with Gasteiger partial charge in [-0.25, -0.2) is 18.5 Å². The van der Waals surface area contributed by atoms with Crippen molar-refractivity contribution in [2.24, 2.45) is 5.14 Å². The van der Waals surface area contributed by atoms with Crippen LogP contribution in [0, 0.1) is 0 Å². The van der Waals surface area contributed by atoms with Crippen molar-refractivity contribution in [3.63, 3.8) is 0 Å². The second kappa shape index (κ2) is 5.75. The lowest BCUT2D eigenvalue weighted by Crippen LogP contribution is -2.11. The minimum atomic E-state index is -3.64. The fourth-order valence-electron chi connectivity index (χ4n) is 1.69. The van der Waals surface area contributed by atoms with Crippen LogP contribution >= 0.6 is 11.3 Å². The van der Waals surface area contributed by atoms with Crippen LogP contribution in [0.2, 0.25) is 0 Å². The van der Waals surface area contributed by atoms with Crippen LogP contribution in [-0.2, 0) is 22.0 Å². The number of aromatic nitrogens is 1. The molecule has 0 saturated heterocycles. The van der Waals surface area contributed by atoms with Crippen molar-refractivity contribution in [3.05, 3.63) is 40.3 Å². The number of nitrogens with two attached hydrogens (primary N) is 1. The lowest BCUT2D eigenvalue weighted by molar-refractivity contribution is 0.585. The highest BCUT2D eigenvalue weighted by atomic mass is 32.2. The standard InChI is InChI=1S/C14H19N3O2S2/c1-14(2,3)13-17-9-11(20-13)8-16-10-4-6-12(7-5-10)21(15,18)19/h4-7,9,16H,8H2,1-3H3,(H2,15,18,19). The molecule has 0 aliphatic rings. The smallest absolute Gasteiger partial charge is 0.238 e. The largest absolute Gasteiger partial charge is 0.380 e. The van der Waals surface area contributed by atoms with E-state index >= 15 is 0 Å². The van der Waals surface area contributed by atoms with E-state index in [1.165, 1.54) is 12.1 Å². The summed E-state index contributed by atoms with van der Waals surface area (Å²) in [5, 5.41) is 9.40. The summed E-state index contributed by atoms with van der Waals surface area (Å²) >= 11 is 1.68. The Hall–Kier alpha value is -1.44. The number of sulfonamides is 1. The van der Waals surface area contributed by atoms with Gasteiger partial charge in [-0.3, -0.25) is 0 Å². The Morgan fingerprint density at radius 3 is 2.33 bits per heavy atom. The van der Waals surface area contributed by atoms with E-state index in [2.05, 4.69) is 31.1 Å². The predicted octanol–water partition coefficient (Wildman–Crippen LogP) is 2.70. The molecule has 0 aliphatic heterocycles. The van der Waals surface area contributed by atoms with Gasteiger partial charge in [-0.2, -0.15) is 0 Å². The molecular formula is C14H19N3O2S2. The van der Waals surface area contributed by atoms with E-state index < -0.39 is 10.0 Å². The lowest BCUT2D eigenvalue weighted by Gasteiger charge is -2.13. The monoisotopic (exact) mass is 325 g/mol. The van der Waals surface area contributed by atoms with Gasteiger partial charge in [0.05, 0.1) is 16.4 Å². The highest BCUT2D eigenvalue weighted by Gasteiger charge is 2.17. The molecule has 2 aromatic rings. The van der Waals surface area contributed by atoms with Gasteiger partial charge in [0, 0.05) is 22.2 Å². The Morgan fingerprint density at radius 1 is 1.24 bits per heavy atom. The molecule has 0 radical (unpaired) electrons. The van der Waals surface area contributed by atoms with Crippen molar-refractivity contribution in [1.29, 1.82) is 0 Å². The van der Waals surface area contributed by atoms with Crippen LogP contribution in [0.25, 0.3) is 0 Å². The van der Waals surface area contributed by atoms with Crippen molar-refractivity contribution >= 4 is 27.0 Å². The summed E-state index contributed by atoms with van der Waals surface area (Å²) in [6.45, 7) is 7.06. The van der Waals surface area contributed by atoms with Crippen molar-refractivity contribution in [3.8, 4) is 0 Å². The molecule has 7 heteroatoms. The molecule has 3 N–H and O–H groups in total. The number of primary sulfonamides is 1. The summed E-state index contributed by atoms with van der Waals surface area (Å²) in [5.41, 5.74) is 0.896. The van der Waals surface area contributed by atoms with Gasteiger partial charge >= 0.3 is 0 Å². The molecule has 0 amide bonds. The number of hydrogen-bond donors (Lipinski definition) is 2. The third-order valence-corrected chi connectivity index (χ3v) is 5.20. The normalized spacial score (nSPS) is 12.4. The number of nitrogens with one attached hydrogen (secondary N) is 1. The van der Waals surface area contributed by atoms with Gasteiger partial charge in [-0.15, -0.1) is 11.3 Å². The van der Waals surface area contributed by atoms with Crippen LogP contribution < -0.4 is 10.5 Å². The van der Waals surface area contributed by atoms with E-state index in [1.54, 1.807) is 23.5 Å². The van der Waals surface area contributed by atoms with E-state index in [0.29, 0.717) is 6.54 Å². The molecule has 0 bridgehead atoms. The molecule has 1 aromatic carbocycles. The van der Waals surface area contributed by atoms with Crippen LogP contribution in [0.1, 0.15) is 30.7 Å². The Bertz CT molecular complexity index is 713. The van der Waals surface area contributed by atoms with Crippen LogP contribution in [0.5, 0.6) is 0 Å². The Balaban J connectivity index is 2.02. The van der Waals surface area contributed by atoms with Crippen LogP contribution in [-0.4, -0.2) is 13.4 Å². The quantitative estimate of drug-likeness (QED) is 0.905. The summed E-state index contributed by atoms with van der Waals surface area (Å²) in [5.74, 6) is 0. The summed E-state index contributed by atoms with van der Waals surface area (Å²) in [7, 11) is -3.64. The zero-order valence-corrected chi connectivity index (χ0v) is 13.9. The molecule has 0 atom stereocenters. The van der Waals surface area contributed by atoms with Crippen LogP contribution in [0.15, 0.2) is 35.4 Å². The fraction of sp³-hybridized carbons (Fsp3) is 0.357. The van der Waals surface area contributed by atoms with E-state index in [9.17, 15) is 8.42 Å². The number of anilines is 1. The minimum Gasteiger partial charge on any atom is -0.380 e. The maximum Gasteiger partial charge on any atom is 0.238 e. The second-order valence-electron chi connectivity index (χ2n) is 5.80. The van der Waals surface area contributed by atoms with Gasteiger partial charge in [0.1, 0.15) is 0 Å². The van der Waals surface area contributed by atoms with Gasteiger partial charge in [0.15, 0.2) is 0 Å². The maximum atomic E-state index is 11.2. The third kappa shape index (κ3) is 4.26. The number of hydrogen-bond acceptors (Lipinski definition) is 5. The van der Waals surface area contributed by atoms with E-state index in [1.807, 2.05) is 6.20 Å². The molecule has 0 aliphatic carbocycles. The lowest BCUT2D eigenvalue weighted by atomic mass is 9.98. The van der Waals surface area contributed by atoms with Crippen LogP contribution in [0.3, 0.4) is 0 Å². The maximum absolute atomic E-state index is 11.2. The first-order valence-electron chi connectivity index (χ1n) is 6.48. The molecule has 21 heavy (non-hydrogen) atoms. The first kappa shape index (κ1) is 15.9. The Kier molecular flexibility index (Phi) is 4.36. The Morgan fingerprint density at radius 2 is 1.86 bits per heavy atom. The summed E-state index contributed by atoms with van der Waals surface area (Å²) < 4.78 is 22.3. The number of benzene rings is 1. The van der Waals surface area contributed by atoms with Gasteiger partial charge in [0.25, 0.3) is 0 Å². The summed E-state index contributed by atoms with van der Waals surface area (Å²) in [6, 6.07) is 6.38. The van der Waals surface area contributed by atoms with Gasteiger partial charge in [0.2, 0.25) is 10.0 Å². The number of nitrogens with zero attached hydrogens (tertiary/aromatic N) is 1. The number of rotatable bonds is 4. The van der Waals surface area contributed by atoms with E-state index in [-0.39, 0.29) is 10.3 Å². The third-order valence-electron chi connectivity index (χ3n) is 2.84. The highest BCUT2D eigenvalue weighted by molar-refractivity contribution is 7.89. The molecule has 114 valence electrons. The predicted molar refractivity (Wildman–Crippen MR) is 86.0 cm³/mol.